The van der Waals surface area contributed by atoms with Gasteiger partial charge in [0.25, 0.3) is 0 Å². The van der Waals surface area contributed by atoms with Crippen LogP contribution in [0.15, 0.2) is 34.9 Å². The van der Waals surface area contributed by atoms with Crippen LogP contribution in [0.2, 0.25) is 10.0 Å². The molecule has 1 aromatic heterocycles. The maximum atomic E-state index is 12.4. The normalized spacial score (nSPS) is 16.4. The highest BCUT2D eigenvalue weighted by atomic mass is 79.9. The molecule has 1 aliphatic heterocycles. The fraction of sp³-hybridized carbons (Fsp3) is 0.250. The van der Waals surface area contributed by atoms with E-state index >= 15 is 0 Å². The number of rotatable bonds is 3. The maximum Gasteiger partial charge on any atom is 0.227 e. The van der Waals surface area contributed by atoms with Crippen LogP contribution in [-0.4, -0.2) is 17.5 Å². The fourth-order valence-corrected chi connectivity index (χ4v) is 3.85. The molecular formula is C16H13BrCl2N2O2. The van der Waals surface area contributed by atoms with Crippen molar-refractivity contribution in [1.29, 1.82) is 0 Å². The van der Waals surface area contributed by atoms with E-state index in [9.17, 15) is 4.79 Å². The summed E-state index contributed by atoms with van der Waals surface area (Å²) in [5, 5.41) is 3.96. The lowest BCUT2D eigenvalue weighted by Crippen LogP contribution is -2.37. The molecule has 0 spiro atoms. The Balaban J connectivity index is 1.65. The zero-order chi connectivity index (χ0) is 16.4. The van der Waals surface area contributed by atoms with Gasteiger partial charge in [-0.25, -0.2) is 4.98 Å². The molecule has 0 unspecified atom stereocenters. The lowest BCUT2D eigenvalue weighted by molar-refractivity contribution is -0.126. The van der Waals surface area contributed by atoms with Crippen molar-refractivity contribution in [2.45, 2.75) is 13.0 Å². The lowest BCUT2D eigenvalue weighted by atomic mass is 9.98. The minimum atomic E-state index is -0.239. The van der Waals surface area contributed by atoms with Crippen LogP contribution in [0.4, 0.5) is 0 Å². The minimum Gasteiger partial charge on any atom is -0.477 e. The molecule has 1 aliphatic rings. The third kappa shape index (κ3) is 3.79. The van der Waals surface area contributed by atoms with Crippen molar-refractivity contribution in [1.82, 2.24) is 10.3 Å². The molecule has 2 heterocycles. The molecular weight excluding hydrogens is 403 g/mol. The molecule has 0 saturated heterocycles. The molecule has 7 heteroatoms. The average Bonchev–Trinajstić information content (AvgIpc) is 2.53. The monoisotopic (exact) mass is 414 g/mol. The highest BCUT2D eigenvalue weighted by Crippen LogP contribution is 2.29. The first kappa shape index (κ1) is 16.6. The summed E-state index contributed by atoms with van der Waals surface area (Å²) in [5.74, 6) is 0.300. The smallest absolute Gasteiger partial charge is 0.227 e. The number of hydrogen-bond donors (Lipinski definition) is 1. The Morgan fingerprint density at radius 3 is 3.04 bits per heavy atom. The standard InChI is InChI=1S/C16H13BrCl2N2O2/c17-13-5-11(18)6-14(19)12(13)7-21-15(22)10-4-9-2-1-3-20-16(9)23-8-10/h1-3,5-6,10H,4,7-8H2,(H,21,22)/t10-/m0/s1. The molecule has 0 aliphatic carbocycles. The summed E-state index contributed by atoms with van der Waals surface area (Å²) in [5.41, 5.74) is 1.74. The number of halogens is 3. The number of carbonyl (C=O) groups excluding carboxylic acids is 1. The van der Waals surface area contributed by atoms with E-state index in [-0.39, 0.29) is 11.8 Å². The molecule has 1 aromatic carbocycles. The van der Waals surface area contributed by atoms with Crippen LogP contribution in [0, 0.1) is 5.92 Å². The van der Waals surface area contributed by atoms with Crippen LogP contribution in [0.3, 0.4) is 0 Å². The molecule has 0 fully saturated rings. The van der Waals surface area contributed by atoms with Gasteiger partial charge in [-0.05, 0) is 24.6 Å². The number of aromatic nitrogens is 1. The van der Waals surface area contributed by atoms with Gasteiger partial charge in [-0.2, -0.15) is 0 Å². The lowest BCUT2D eigenvalue weighted by Gasteiger charge is -2.23. The fourth-order valence-electron chi connectivity index (χ4n) is 2.44. The Hall–Kier alpha value is -1.30. The number of benzene rings is 1. The van der Waals surface area contributed by atoms with Crippen LogP contribution in [0.25, 0.3) is 0 Å². The van der Waals surface area contributed by atoms with Crippen molar-refractivity contribution in [2.24, 2.45) is 5.92 Å². The molecule has 2 aromatic rings. The van der Waals surface area contributed by atoms with Crippen LogP contribution in [0.1, 0.15) is 11.1 Å². The number of pyridine rings is 1. The SMILES string of the molecule is O=C(NCc1c(Cl)cc(Cl)cc1Br)[C@@H]1COc2ncccc2C1. The summed E-state index contributed by atoms with van der Waals surface area (Å²) in [6.07, 6.45) is 2.30. The number of nitrogens with zero attached hydrogens (tertiary/aromatic N) is 1. The summed E-state index contributed by atoms with van der Waals surface area (Å²) >= 11 is 15.5. The van der Waals surface area contributed by atoms with E-state index in [0.29, 0.717) is 35.5 Å². The van der Waals surface area contributed by atoms with E-state index < -0.39 is 0 Å². The van der Waals surface area contributed by atoms with Gasteiger partial charge in [0.2, 0.25) is 11.8 Å². The van der Waals surface area contributed by atoms with E-state index in [1.54, 1.807) is 18.3 Å². The van der Waals surface area contributed by atoms with Crippen LogP contribution < -0.4 is 10.1 Å². The molecule has 4 nitrogen and oxygen atoms in total. The Labute approximate surface area is 152 Å². The van der Waals surface area contributed by atoms with E-state index in [0.717, 1.165) is 15.6 Å². The molecule has 0 radical (unpaired) electrons. The summed E-state index contributed by atoms with van der Waals surface area (Å²) < 4.78 is 6.32. The molecule has 1 amide bonds. The summed E-state index contributed by atoms with van der Waals surface area (Å²) in [7, 11) is 0. The molecule has 23 heavy (non-hydrogen) atoms. The van der Waals surface area contributed by atoms with Crippen molar-refractivity contribution in [2.75, 3.05) is 6.61 Å². The largest absolute Gasteiger partial charge is 0.477 e. The van der Waals surface area contributed by atoms with Crippen LogP contribution in [-0.2, 0) is 17.8 Å². The molecule has 0 saturated carbocycles. The first-order valence-corrected chi connectivity index (χ1v) is 8.57. The molecule has 120 valence electrons. The van der Waals surface area contributed by atoms with Gasteiger partial charge in [0.05, 0.1) is 5.92 Å². The number of hydrogen-bond acceptors (Lipinski definition) is 3. The van der Waals surface area contributed by atoms with Crippen molar-refractivity contribution in [3.05, 3.63) is 56.1 Å². The van der Waals surface area contributed by atoms with Gasteiger partial charge >= 0.3 is 0 Å². The number of fused-ring (bicyclic) bond motifs is 1. The van der Waals surface area contributed by atoms with Crippen molar-refractivity contribution < 1.29 is 9.53 Å². The number of ether oxygens (including phenoxy) is 1. The zero-order valence-electron chi connectivity index (χ0n) is 12.0. The van der Waals surface area contributed by atoms with E-state index in [2.05, 4.69) is 26.2 Å². The van der Waals surface area contributed by atoms with Gasteiger partial charge in [0, 0.05) is 38.4 Å². The van der Waals surface area contributed by atoms with Crippen LogP contribution in [0.5, 0.6) is 5.88 Å². The average molecular weight is 416 g/mol. The topological polar surface area (TPSA) is 51.2 Å². The van der Waals surface area contributed by atoms with Gasteiger partial charge in [-0.1, -0.05) is 45.2 Å². The quantitative estimate of drug-likeness (QED) is 0.823. The Kier molecular flexibility index (Phi) is 5.09. The van der Waals surface area contributed by atoms with Crippen molar-refractivity contribution in [3.8, 4) is 5.88 Å². The summed E-state index contributed by atoms with van der Waals surface area (Å²) in [4.78, 5) is 16.5. The molecule has 0 bridgehead atoms. The predicted octanol–water partition coefficient (Wildman–Crippen LogP) is 4.02. The Morgan fingerprint density at radius 1 is 1.43 bits per heavy atom. The second-order valence-electron chi connectivity index (χ2n) is 5.25. The number of carbonyl (C=O) groups is 1. The van der Waals surface area contributed by atoms with Gasteiger partial charge in [0.15, 0.2) is 0 Å². The Morgan fingerprint density at radius 2 is 2.26 bits per heavy atom. The molecule has 3 rings (SSSR count). The zero-order valence-corrected chi connectivity index (χ0v) is 15.1. The number of amides is 1. The van der Waals surface area contributed by atoms with Gasteiger partial charge in [0.1, 0.15) is 6.61 Å². The first-order chi connectivity index (χ1) is 11.0. The van der Waals surface area contributed by atoms with Gasteiger partial charge < -0.3 is 10.1 Å². The second-order valence-corrected chi connectivity index (χ2v) is 6.94. The summed E-state index contributed by atoms with van der Waals surface area (Å²) in [6, 6.07) is 7.17. The van der Waals surface area contributed by atoms with Crippen molar-refractivity contribution >= 4 is 45.0 Å². The Bertz CT molecular complexity index is 732. The second kappa shape index (κ2) is 7.07. The van der Waals surface area contributed by atoms with E-state index in [4.69, 9.17) is 27.9 Å². The third-order valence-electron chi connectivity index (χ3n) is 3.65. The number of nitrogens with one attached hydrogen (secondary N) is 1. The highest BCUT2D eigenvalue weighted by Gasteiger charge is 2.26. The molecule has 1 N–H and O–H groups in total. The van der Waals surface area contributed by atoms with Crippen LogP contribution >= 0.6 is 39.1 Å². The predicted molar refractivity (Wildman–Crippen MR) is 92.9 cm³/mol. The summed E-state index contributed by atoms with van der Waals surface area (Å²) in [6.45, 7) is 0.650. The maximum absolute atomic E-state index is 12.4. The van der Waals surface area contributed by atoms with E-state index in [1.807, 2.05) is 12.1 Å². The van der Waals surface area contributed by atoms with Gasteiger partial charge in [-0.3, -0.25) is 4.79 Å². The third-order valence-corrected chi connectivity index (χ3v) is 4.92. The van der Waals surface area contributed by atoms with Crippen molar-refractivity contribution in [3.63, 3.8) is 0 Å². The first-order valence-electron chi connectivity index (χ1n) is 7.02. The van der Waals surface area contributed by atoms with Gasteiger partial charge in [-0.15, -0.1) is 0 Å². The minimum absolute atomic E-state index is 0.0718. The highest BCUT2D eigenvalue weighted by molar-refractivity contribution is 9.10. The molecule has 1 atom stereocenters. The van der Waals surface area contributed by atoms with E-state index in [1.165, 1.54) is 0 Å².